The molecule has 2 aliphatic heterocycles. The first-order chi connectivity index (χ1) is 33.8. The van der Waals surface area contributed by atoms with E-state index in [2.05, 4.69) is 9.47 Å². The number of piperidine rings is 2. The summed E-state index contributed by atoms with van der Waals surface area (Å²) in [5.41, 5.74) is -18.6. The first kappa shape index (κ1) is 6.24. The van der Waals surface area contributed by atoms with Crippen LogP contribution in [0.4, 0.5) is 0 Å². The van der Waals surface area contributed by atoms with E-state index in [9.17, 15) is 20.0 Å². The van der Waals surface area contributed by atoms with Gasteiger partial charge in [0.1, 0.15) is 12.2 Å². The van der Waals surface area contributed by atoms with Crippen molar-refractivity contribution in [3.8, 4) is 0 Å². The van der Waals surface area contributed by atoms with Crippen LogP contribution in [0.2, 0.25) is 0 Å². The molecule has 0 aliphatic carbocycles. The van der Waals surface area contributed by atoms with Crippen molar-refractivity contribution in [2.45, 2.75) is 166 Å². The summed E-state index contributed by atoms with van der Waals surface area (Å²) in [5, 5.41) is 19.9. The maximum Gasteiger partial charge on any atom is 0.306 e. The highest BCUT2D eigenvalue weighted by Crippen LogP contribution is 2.39. The molecule has 210 valence electrons. The minimum absolute atomic E-state index is 0.144. The molecule has 0 aromatic rings. The monoisotopic (exact) mass is 557 g/mol. The van der Waals surface area contributed by atoms with Crippen LogP contribution >= 0.6 is 0 Å². The standard InChI is InChI=1S/C28H52N2O6/c1-25(2)17-21(18-26(3,4)29(25)33)35-23(31)15-13-11-9-10-12-14-16-24(32)36-22-19-27(5,6)30(34)28(7,8)20-22/h21-22,33-34H,9-20H2,1-8H3/i1D3,2D3,3D3,4D3,5D3,7D3,9D2,10D2,11D2,12D2,13D2,14D2,15D2,16D2,17D2,18D2,19D2,20D2,21D,22D. The molecule has 0 spiro atoms. The van der Waals surface area contributed by atoms with Crippen LogP contribution in [-0.2, 0) is 19.1 Å². The zero-order chi connectivity index (χ0) is 65.7. The van der Waals surface area contributed by atoms with Gasteiger partial charge in [-0.1, -0.05) is 25.5 Å². The molecule has 2 atom stereocenters. The van der Waals surface area contributed by atoms with E-state index in [-0.39, 0.29) is 13.8 Å². The predicted octanol–water partition coefficient (Wildman–Crippen LogP) is 6.02. The van der Waals surface area contributed by atoms with Crippen LogP contribution in [0, 0.1) is 0 Å². The first-order valence-electron chi connectivity index (χ1n) is 31.3. The van der Waals surface area contributed by atoms with E-state index in [4.69, 9.17) is 60.3 Å². The van der Waals surface area contributed by atoms with Gasteiger partial charge in [-0.05, 0) is 67.7 Å². The van der Waals surface area contributed by atoms with Gasteiger partial charge < -0.3 is 19.9 Å². The molecule has 2 fully saturated rings. The Labute approximate surface area is 280 Å². The molecule has 0 radical (unpaired) electrons. The molecule has 2 aliphatic rings. The summed E-state index contributed by atoms with van der Waals surface area (Å²) >= 11 is 0. The van der Waals surface area contributed by atoms with Gasteiger partial charge in [-0.3, -0.25) is 9.59 Å². The Balaban J connectivity index is 3.06. The lowest BCUT2D eigenvalue weighted by molar-refractivity contribution is -0.259. The molecule has 36 heavy (non-hydrogen) atoms. The predicted molar refractivity (Wildman–Crippen MR) is 139 cm³/mol. The zero-order valence-corrected chi connectivity index (χ0v) is 18.4. The lowest BCUT2D eigenvalue weighted by Gasteiger charge is -2.50. The minimum Gasteiger partial charge on any atom is -0.462 e. The van der Waals surface area contributed by atoms with Crippen molar-refractivity contribution in [2.75, 3.05) is 0 Å². The summed E-state index contributed by atoms with van der Waals surface area (Å²) in [4.78, 5) is 27.9. The number of carbonyl (C=O) groups is 2. The highest BCUT2D eigenvalue weighted by Gasteiger charge is 2.47. The second-order valence-corrected chi connectivity index (χ2v) is 7.13. The van der Waals surface area contributed by atoms with E-state index in [0.29, 0.717) is 0 Å². The Morgan fingerprint density at radius 1 is 0.750 bits per heavy atom. The number of hydrogen-bond donors (Lipinski definition) is 2. The van der Waals surface area contributed by atoms with Crippen LogP contribution in [0.1, 0.15) is 192 Å². The summed E-state index contributed by atoms with van der Waals surface area (Å²) in [6.07, 6.45) is -74.1. The SMILES string of the molecule is [2H]C([2H])([2H])C1(C)N(O)C(C)(C([2H])([2H])[2H])C([2H])([2H])C([2H])(OC(=O)C([2H])([2H])C([2H])([2H])C([2H])([2H])C([2H])([2H])C([2H])([2H])C([2H])([2H])C([2H])([2H])C([2H])([2H])C(=O)OC2([2H])C([2H])([2H])C(C([2H])([2H])[2H])(C([2H])([2H])[2H])N(O)C(C([2H])([2H])[2H])(C([2H])([2H])[2H])C2([2H])[2H])C1([2H])[2H]. The number of hydroxylamine groups is 4. The van der Waals surface area contributed by atoms with Gasteiger partial charge in [-0.2, -0.15) is 10.1 Å². The van der Waals surface area contributed by atoms with Gasteiger partial charge in [0.15, 0.2) is 0 Å². The van der Waals surface area contributed by atoms with Crippen molar-refractivity contribution in [3.05, 3.63) is 0 Å². The van der Waals surface area contributed by atoms with E-state index >= 15 is 0 Å². The van der Waals surface area contributed by atoms with Crippen molar-refractivity contribution in [3.63, 3.8) is 0 Å². The summed E-state index contributed by atoms with van der Waals surface area (Å²) in [7, 11) is 0. The van der Waals surface area contributed by atoms with Gasteiger partial charge >= 0.3 is 11.9 Å². The molecule has 8 heteroatoms. The average Bonchev–Trinajstić information content (AvgIpc) is 3.17. The van der Waals surface area contributed by atoms with Crippen LogP contribution in [0.3, 0.4) is 0 Å². The zero-order valence-electron chi connectivity index (χ0n) is 62.4. The molecule has 2 rings (SSSR count). The largest absolute Gasteiger partial charge is 0.462 e. The Morgan fingerprint density at radius 3 is 1.42 bits per heavy atom. The Kier molecular flexibility index (Phi) is 2.10. The lowest BCUT2D eigenvalue weighted by atomic mass is 9.80. The summed E-state index contributed by atoms with van der Waals surface area (Å²) in [6.45, 7) is -27.9. The van der Waals surface area contributed by atoms with Crippen molar-refractivity contribution in [1.29, 1.82) is 0 Å². The van der Waals surface area contributed by atoms with E-state index in [1.54, 1.807) is 0 Å². The van der Waals surface area contributed by atoms with Gasteiger partial charge in [-0.15, -0.1) is 0 Å². The molecule has 0 bridgehead atoms. The molecular formula is C28H52N2O6. The Morgan fingerprint density at radius 2 is 1.06 bits per heavy atom. The normalized spacial score (nSPS) is 63.1. The van der Waals surface area contributed by atoms with Crippen LogP contribution in [0.5, 0.6) is 0 Å². The summed E-state index contributed by atoms with van der Waals surface area (Å²) in [6, 6.07) is 0. The van der Waals surface area contributed by atoms with Gasteiger partial charge in [0.05, 0.1) is 2.74 Å². The third-order valence-electron chi connectivity index (χ3n) is 3.82. The number of esters is 2. The van der Waals surface area contributed by atoms with E-state index < -0.39 is 174 Å². The first-order valence-corrected chi connectivity index (χ1v) is 9.27. The second kappa shape index (κ2) is 12.1. The van der Waals surface area contributed by atoms with Crippen LogP contribution in [0.25, 0.3) is 0 Å². The molecule has 2 unspecified atom stereocenters. The highest BCUT2D eigenvalue weighted by molar-refractivity contribution is 5.69. The maximum atomic E-state index is 14.0. The number of ether oxygens (including phenoxy) is 2. The fourth-order valence-electron chi connectivity index (χ4n) is 2.37. The van der Waals surface area contributed by atoms with Crippen molar-refractivity contribution in [1.82, 2.24) is 10.1 Å². The fraction of sp³-hybridized carbons (Fsp3) is 0.929. The van der Waals surface area contributed by atoms with E-state index in [1.165, 1.54) is 0 Å². The molecular weight excluding hydrogens is 460 g/mol. The average molecular weight is 557 g/mol. The van der Waals surface area contributed by atoms with Gasteiger partial charge in [0.25, 0.3) is 0 Å². The van der Waals surface area contributed by atoms with Crippen molar-refractivity contribution < 1.29 is 89.8 Å². The Bertz CT molecular complexity index is 2290. The van der Waals surface area contributed by atoms with Crippen molar-refractivity contribution >= 4 is 11.9 Å². The van der Waals surface area contributed by atoms with Gasteiger partial charge in [-0.25, -0.2) is 0 Å². The lowest BCUT2D eigenvalue weighted by Crippen LogP contribution is -2.60. The topological polar surface area (TPSA) is 99.5 Å². The quantitative estimate of drug-likeness (QED) is 0.298. The van der Waals surface area contributed by atoms with Crippen LogP contribution in [0.15, 0.2) is 0 Å². The highest BCUT2D eigenvalue weighted by atomic mass is 16.6. The van der Waals surface area contributed by atoms with E-state index in [0.717, 1.165) is 0 Å². The molecule has 0 amide bonds. The second-order valence-electron chi connectivity index (χ2n) is 7.13. The van der Waals surface area contributed by atoms with Gasteiger partial charge in [0.2, 0.25) is 0 Å². The van der Waals surface area contributed by atoms with Crippen LogP contribution in [-0.4, -0.2) is 66.8 Å². The van der Waals surface area contributed by atoms with Crippen molar-refractivity contribution in [2.24, 2.45) is 0 Å². The Hall–Kier alpha value is -1.22. The molecule has 8 nitrogen and oxygen atoms in total. The molecule has 2 saturated heterocycles. The third-order valence-corrected chi connectivity index (χ3v) is 3.82. The maximum absolute atomic E-state index is 14.0. The van der Waals surface area contributed by atoms with E-state index in [1.807, 2.05) is 0 Å². The van der Waals surface area contributed by atoms with Crippen LogP contribution < -0.4 is 0 Å². The number of hydrogen-bond acceptors (Lipinski definition) is 8. The molecule has 2 N–H and O–H groups in total. The smallest absolute Gasteiger partial charge is 0.306 e. The van der Waals surface area contributed by atoms with Gasteiger partial charge in [0, 0.05) is 118 Å². The molecule has 0 saturated carbocycles. The molecule has 0 aromatic heterocycles. The number of carbonyl (C=O) groups excluding carboxylic acids is 2. The summed E-state index contributed by atoms with van der Waals surface area (Å²) < 4.78 is 374. The summed E-state index contributed by atoms with van der Waals surface area (Å²) in [5.74, 6) is -6.92. The number of nitrogens with zero attached hydrogens (tertiary/aromatic N) is 2. The minimum atomic E-state index is -5.64. The number of rotatable bonds is 11. The molecule has 0 aromatic carbocycles. The fourth-order valence-corrected chi connectivity index (χ4v) is 2.37. The molecule has 2 heterocycles. The third kappa shape index (κ3) is 8.67.